The zero-order valence-corrected chi connectivity index (χ0v) is 12.1. The summed E-state index contributed by atoms with van der Waals surface area (Å²) in [5, 5.41) is 0. The van der Waals surface area contributed by atoms with Gasteiger partial charge in [-0.25, -0.2) is 0 Å². The molecular formula is C12H24N2O3S. The van der Waals surface area contributed by atoms with Crippen LogP contribution in [0.25, 0.3) is 0 Å². The minimum Gasteiger partial charge on any atom is -0.356 e. The van der Waals surface area contributed by atoms with Crippen LogP contribution in [-0.4, -0.2) is 47.8 Å². The van der Waals surface area contributed by atoms with Crippen LogP contribution >= 0.6 is 0 Å². The Balaban J connectivity index is 2.23. The molecule has 0 radical (unpaired) electrons. The molecule has 6 heteroatoms. The molecule has 0 aromatic carbocycles. The van der Waals surface area contributed by atoms with Gasteiger partial charge in [0.2, 0.25) is 0 Å². The Morgan fingerprint density at radius 2 is 1.67 bits per heavy atom. The molecule has 0 bridgehead atoms. The molecule has 0 aromatic rings. The molecule has 1 unspecified atom stereocenters. The maximum absolute atomic E-state index is 10.6. The van der Waals surface area contributed by atoms with E-state index in [2.05, 4.69) is 36.0 Å². The maximum Gasteiger partial charge on any atom is 0.264 e. The van der Waals surface area contributed by atoms with Gasteiger partial charge < -0.3 is 9.80 Å². The summed E-state index contributed by atoms with van der Waals surface area (Å²) in [7, 11) is -3.80. The minimum absolute atomic E-state index is 0.140. The van der Waals surface area contributed by atoms with Crippen molar-refractivity contribution in [3.8, 4) is 0 Å². The minimum atomic E-state index is -3.80. The fraction of sp³-hybridized carbons (Fsp3) is 0.833. The van der Waals surface area contributed by atoms with E-state index in [4.69, 9.17) is 4.55 Å². The third-order valence-electron chi connectivity index (χ3n) is 3.25. The second-order valence-corrected chi connectivity index (χ2v) is 6.32. The van der Waals surface area contributed by atoms with E-state index in [1.165, 1.54) is 12.8 Å². The number of rotatable bonds is 8. The third-order valence-corrected chi connectivity index (χ3v) is 4.05. The summed E-state index contributed by atoms with van der Waals surface area (Å²) in [6, 6.07) is 0. The van der Waals surface area contributed by atoms with Gasteiger partial charge in [-0.2, -0.15) is 8.42 Å². The van der Waals surface area contributed by atoms with Crippen LogP contribution in [0.15, 0.2) is 12.4 Å². The van der Waals surface area contributed by atoms with Crippen molar-refractivity contribution in [3.05, 3.63) is 12.4 Å². The van der Waals surface area contributed by atoms with Crippen LogP contribution in [0.2, 0.25) is 0 Å². The number of unbranched alkanes of at least 4 members (excludes halogenated alkanes) is 2. The quantitative estimate of drug-likeness (QED) is 0.542. The van der Waals surface area contributed by atoms with Crippen molar-refractivity contribution in [2.75, 3.05) is 18.8 Å². The van der Waals surface area contributed by atoms with E-state index in [1.54, 1.807) is 0 Å². The van der Waals surface area contributed by atoms with Crippen molar-refractivity contribution in [2.45, 2.75) is 45.7 Å². The van der Waals surface area contributed by atoms with Crippen LogP contribution in [0, 0.1) is 0 Å². The Morgan fingerprint density at radius 3 is 2.17 bits per heavy atom. The fourth-order valence-corrected chi connectivity index (χ4v) is 2.62. The van der Waals surface area contributed by atoms with E-state index >= 15 is 0 Å². The lowest BCUT2D eigenvalue weighted by Crippen LogP contribution is -2.36. The van der Waals surface area contributed by atoms with Gasteiger partial charge in [-0.3, -0.25) is 4.55 Å². The van der Waals surface area contributed by atoms with Gasteiger partial charge in [0.05, 0.1) is 11.9 Å². The zero-order chi connectivity index (χ0) is 13.6. The molecule has 0 aromatic heterocycles. The fourth-order valence-electron chi connectivity index (χ4n) is 2.05. The molecular weight excluding hydrogens is 252 g/mol. The Bertz CT molecular complexity index is 368. The van der Waals surface area contributed by atoms with Crippen LogP contribution in [0.3, 0.4) is 0 Å². The van der Waals surface area contributed by atoms with E-state index in [1.807, 2.05) is 0 Å². The monoisotopic (exact) mass is 276 g/mol. The molecule has 1 aliphatic heterocycles. The average Bonchev–Trinajstić information content (AvgIpc) is 2.62. The first-order chi connectivity index (χ1) is 8.44. The van der Waals surface area contributed by atoms with Gasteiger partial charge in [0.25, 0.3) is 10.1 Å². The highest BCUT2D eigenvalue weighted by Gasteiger charge is 2.20. The third kappa shape index (κ3) is 5.27. The van der Waals surface area contributed by atoms with Crippen molar-refractivity contribution in [1.82, 2.24) is 9.80 Å². The predicted octanol–water partition coefficient (Wildman–Crippen LogP) is 1.89. The van der Waals surface area contributed by atoms with Crippen molar-refractivity contribution in [1.29, 1.82) is 0 Å². The molecule has 0 saturated carbocycles. The Kier molecular flexibility index (Phi) is 5.95. The van der Waals surface area contributed by atoms with Gasteiger partial charge in [-0.15, -0.1) is 0 Å². The summed E-state index contributed by atoms with van der Waals surface area (Å²) < 4.78 is 29.8. The number of hydrogen-bond acceptors (Lipinski definition) is 4. The normalized spacial score (nSPS) is 19.8. The largest absolute Gasteiger partial charge is 0.356 e. The summed E-state index contributed by atoms with van der Waals surface area (Å²) >= 11 is 0. The molecule has 1 rings (SSSR count). The van der Waals surface area contributed by atoms with E-state index in [0.717, 1.165) is 19.5 Å². The second kappa shape index (κ2) is 6.99. The van der Waals surface area contributed by atoms with Crippen LogP contribution in [0.1, 0.15) is 39.5 Å². The standard InChI is InChI=1S/C12H24N2O3S/c1-3-4-7-13-9-10-14(12(13)2)8-5-6-11-18(15,16)17/h9-10,12H,3-8,11H2,1-2H3,(H,15,16,17). The topological polar surface area (TPSA) is 60.9 Å². The lowest BCUT2D eigenvalue weighted by molar-refractivity contribution is 0.167. The molecule has 0 fully saturated rings. The van der Waals surface area contributed by atoms with E-state index in [9.17, 15) is 8.42 Å². The predicted molar refractivity (Wildman–Crippen MR) is 72.6 cm³/mol. The molecule has 5 nitrogen and oxygen atoms in total. The lowest BCUT2D eigenvalue weighted by Gasteiger charge is -2.29. The van der Waals surface area contributed by atoms with E-state index < -0.39 is 10.1 Å². The highest BCUT2D eigenvalue weighted by Crippen LogP contribution is 2.16. The van der Waals surface area contributed by atoms with Crippen molar-refractivity contribution in [2.24, 2.45) is 0 Å². The molecule has 1 aliphatic rings. The average molecular weight is 276 g/mol. The van der Waals surface area contributed by atoms with Gasteiger partial charge in [0.1, 0.15) is 0 Å². The highest BCUT2D eigenvalue weighted by atomic mass is 32.2. The van der Waals surface area contributed by atoms with Crippen LogP contribution in [0.4, 0.5) is 0 Å². The van der Waals surface area contributed by atoms with Crippen molar-refractivity contribution in [3.63, 3.8) is 0 Å². The second-order valence-electron chi connectivity index (χ2n) is 4.75. The molecule has 18 heavy (non-hydrogen) atoms. The lowest BCUT2D eigenvalue weighted by atomic mass is 10.3. The van der Waals surface area contributed by atoms with E-state index in [-0.39, 0.29) is 5.75 Å². The van der Waals surface area contributed by atoms with Crippen LogP contribution in [0.5, 0.6) is 0 Å². The van der Waals surface area contributed by atoms with Crippen molar-refractivity contribution < 1.29 is 13.0 Å². The van der Waals surface area contributed by atoms with Gasteiger partial charge in [0, 0.05) is 25.5 Å². The molecule has 106 valence electrons. The molecule has 0 spiro atoms. The van der Waals surface area contributed by atoms with E-state index in [0.29, 0.717) is 12.6 Å². The summed E-state index contributed by atoms with van der Waals surface area (Å²) in [6.07, 6.45) is 8.16. The molecule has 1 N–H and O–H groups in total. The summed E-state index contributed by atoms with van der Waals surface area (Å²) in [4.78, 5) is 4.51. The van der Waals surface area contributed by atoms with Gasteiger partial charge in [-0.05, 0) is 26.2 Å². The molecule has 0 amide bonds. The first-order valence-electron chi connectivity index (χ1n) is 6.59. The molecule has 1 heterocycles. The molecule has 1 atom stereocenters. The van der Waals surface area contributed by atoms with Crippen LogP contribution < -0.4 is 0 Å². The first-order valence-corrected chi connectivity index (χ1v) is 8.20. The number of hydrogen-bond donors (Lipinski definition) is 1. The van der Waals surface area contributed by atoms with Gasteiger partial charge >= 0.3 is 0 Å². The van der Waals surface area contributed by atoms with Crippen molar-refractivity contribution >= 4 is 10.1 Å². The zero-order valence-electron chi connectivity index (χ0n) is 11.2. The Morgan fingerprint density at radius 1 is 1.11 bits per heavy atom. The number of nitrogens with zero attached hydrogens (tertiary/aromatic N) is 2. The van der Waals surface area contributed by atoms with Gasteiger partial charge in [-0.1, -0.05) is 13.3 Å². The molecule has 0 saturated heterocycles. The molecule has 0 aliphatic carbocycles. The summed E-state index contributed by atoms with van der Waals surface area (Å²) in [6.45, 7) is 6.22. The smallest absolute Gasteiger partial charge is 0.264 e. The van der Waals surface area contributed by atoms with Crippen LogP contribution in [-0.2, 0) is 10.1 Å². The summed E-state index contributed by atoms with van der Waals surface area (Å²) in [5.74, 6) is -0.140. The van der Waals surface area contributed by atoms with Gasteiger partial charge in [0.15, 0.2) is 0 Å². The maximum atomic E-state index is 10.6. The Labute approximate surface area is 110 Å². The Hall–Kier alpha value is -0.750. The summed E-state index contributed by atoms with van der Waals surface area (Å²) in [5.41, 5.74) is 0. The SMILES string of the molecule is CCCCN1C=CN(CCCCS(=O)(=O)O)C1C. The highest BCUT2D eigenvalue weighted by molar-refractivity contribution is 7.85. The first kappa shape index (κ1) is 15.3.